The fraction of sp³-hybridized carbons (Fsp3) is 0.556. The standard InChI is InChI=1S/C18H24O4/c19-17(20)15-11-4-5-12-16(15)18(21)22-13-7-6-10-14-8-2-1-3-9-14/h4-5,11-12,14H,1-3,6-10,13H2,(H,19,20). The highest BCUT2D eigenvalue weighted by molar-refractivity contribution is 6.02. The lowest BCUT2D eigenvalue weighted by Crippen LogP contribution is -2.12. The van der Waals surface area contributed by atoms with Crippen molar-refractivity contribution in [2.75, 3.05) is 6.61 Å². The number of carbonyl (C=O) groups excluding carboxylic acids is 1. The zero-order chi connectivity index (χ0) is 15.8. The molecule has 0 heterocycles. The first-order valence-corrected chi connectivity index (χ1v) is 8.18. The second-order valence-corrected chi connectivity index (χ2v) is 5.99. The van der Waals surface area contributed by atoms with Gasteiger partial charge in [0.15, 0.2) is 0 Å². The molecule has 1 fully saturated rings. The monoisotopic (exact) mass is 304 g/mol. The van der Waals surface area contributed by atoms with E-state index in [0.717, 1.165) is 18.8 Å². The molecule has 1 aliphatic rings. The van der Waals surface area contributed by atoms with Crippen LogP contribution in [-0.4, -0.2) is 23.7 Å². The van der Waals surface area contributed by atoms with Crippen LogP contribution in [0.4, 0.5) is 0 Å². The van der Waals surface area contributed by atoms with E-state index >= 15 is 0 Å². The third-order valence-electron chi connectivity index (χ3n) is 4.34. The van der Waals surface area contributed by atoms with Crippen LogP contribution in [0.5, 0.6) is 0 Å². The summed E-state index contributed by atoms with van der Waals surface area (Å²) in [4.78, 5) is 23.0. The fourth-order valence-corrected chi connectivity index (χ4v) is 3.10. The number of hydrogen-bond acceptors (Lipinski definition) is 3. The van der Waals surface area contributed by atoms with E-state index in [9.17, 15) is 9.59 Å². The highest BCUT2D eigenvalue weighted by Crippen LogP contribution is 2.27. The maximum atomic E-state index is 11.9. The second kappa shape index (κ2) is 8.57. The van der Waals surface area contributed by atoms with E-state index in [2.05, 4.69) is 0 Å². The Morgan fingerprint density at radius 2 is 1.73 bits per heavy atom. The summed E-state index contributed by atoms with van der Waals surface area (Å²) in [6.45, 7) is 0.361. The van der Waals surface area contributed by atoms with E-state index in [1.165, 1.54) is 50.7 Å². The van der Waals surface area contributed by atoms with Crippen LogP contribution < -0.4 is 0 Å². The molecule has 0 aromatic heterocycles. The average Bonchev–Trinajstić information content (AvgIpc) is 2.55. The van der Waals surface area contributed by atoms with Crippen molar-refractivity contribution < 1.29 is 19.4 Å². The van der Waals surface area contributed by atoms with E-state index in [1.54, 1.807) is 12.1 Å². The quantitative estimate of drug-likeness (QED) is 0.603. The van der Waals surface area contributed by atoms with Gasteiger partial charge in [0.2, 0.25) is 0 Å². The van der Waals surface area contributed by atoms with Crippen molar-refractivity contribution in [1.29, 1.82) is 0 Å². The van der Waals surface area contributed by atoms with Crippen LogP contribution in [0, 0.1) is 5.92 Å². The van der Waals surface area contributed by atoms with Gasteiger partial charge in [-0.25, -0.2) is 9.59 Å². The number of carbonyl (C=O) groups is 2. The van der Waals surface area contributed by atoms with Crippen LogP contribution in [0.1, 0.15) is 72.1 Å². The predicted octanol–water partition coefficient (Wildman–Crippen LogP) is 4.29. The summed E-state index contributed by atoms with van der Waals surface area (Å²) in [6.07, 6.45) is 9.88. The summed E-state index contributed by atoms with van der Waals surface area (Å²) in [5, 5.41) is 9.06. The van der Waals surface area contributed by atoms with Crippen molar-refractivity contribution in [2.45, 2.75) is 51.4 Å². The number of ether oxygens (including phenoxy) is 1. The molecule has 0 saturated heterocycles. The smallest absolute Gasteiger partial charge is 0.339 e. The molecule has 1 N–H and O–H groups in total. The SMILES string of the molecule is O=C(O)c1ccccc1C(=O)OCCCCC1CCCCC1. The maximum Gasteiger partial charge on any atom is 0.339 e. The number of carboxylic acids is 1. The Morgan fingerprint density at radius 3 is 2.41 bits per heavy atom. The maximum absolute atomic E-state index is 11.9. The Balaban J connectivity index is 1.70. The lowest BCUT2D eigenvalue weighted by molar-refractivity contribution is 0.0486. The number of unbranched alkanes of at least 4 members (excludes halogenated alkanes) is 1. The van der Waals surface area contributed by atoms with E-state index < -0.39 is 11.9 Å². The molecular weight excluding hydrogens is 280 g/mol. The van der Waals surface area contributed by atoms with Crippen LogP contribution in [0.25, 0.3) is 0 Å². The van der Waals surface area contributed by atoms with Crippen molar-refractivity contribution in [3.8, 4) is 0 Å². The number of carboxylic acid groups (broad SMARTS) is 1. The number of benzene rings is 1. The summed E-state index contributed by atoms with van der Waals surface area (Å²) in [6, 6.07) is 6.16. The van der Waals surface area contributed by atoms with Gasteiger partial charge in [-0.2, -0.15) is 0 Å². The lowest BCUT2D eigenvalue weighted by Gasteiger charge is -2.21. The van der Waals surface area contributed by atoms with Gasteiger partial charge in [-0.3, -0.25) is 0 Å². The Bertz CT molecular complexity index is 504. The summed E-state index contributed by atoms with van der Waals surface area (Å²) in [7, 11) is 0. The van der Waals surface area contributed by atoms with Crippen LogP contribution in [-0.2, 0) is 4.74 Å². The predicted molar refractivity (Wildman–Crippen MR) is 84.1 cm³/mol. The Labute approximate surface area is 131 Å². The topological polar surface area (TPSA) is 63.6 Å². The zero-order valence-corrected chi connectivity index (χ0v) is 12.9. The molecule has 22 heavy (non-hydrogen) atoms. The summed E-state index contributed by atoms with van der Waals surface area (Å²) in [5.41, 5.74) is 0.122. The van der Waals surface area contributed by atoms with Crippen molar-refractivity contribution >= 4 is 11.9 Å². The minimum absolute atomic E-state index is 0.00490. The molecular formula is C18H24O4. The summed E-state index contributed by atoms with van der Waals surface area (Å²) < 4.78 is 5.21. The first kappa shape index (κ1) is 16.5. The second-order valence-electron chi connectivity index (χ2n) is 5.99. The highest BCUT2D eigenvalue weighted by atomic mass is 16.5. The molecule has 0 atom stereocenters. The van der Waals surface area contributed by atoms with Gasteiger partial charge in [0, 0.05) is 0 Å². The lowest BCUT2D eigenvalue weighted by atomic mass is 9.86. The Kier molecular flexibility index (Phi) is 6.44. The first-order valence-electron chi connectivity index (χ1n) is 8.18. The molecule has 0 radical (unpaired) electrons. The Morgan fingerprint density at radius 1 is 1.05 bits per heavy atom. The molecule has 1 aromatic rings. The molecule has 0 unspecified atom stereocenters. The third-order valence-corrected chi connectivity index (χ3v) is 4.34. The van der Waals surface area contributed by atoms with Gasteiger partial charge in [0.25, 0.3) is 0 Å². The molecule has 0 bridgehead atoms. The molecule has 4 nitrogen and oxygen atoms in total. The summed E-state index contributed by atoms with van der Waals surface area (Å²) in [5.74, 6) is -0.808. The molecule has 0 amide bonds. The minimum atomic E-state index is -1.11. The zero-order valence-electron chi connectivity index (χ0n) is 12.9. The van der Waals surface area contributed by atoms with Gasteiger partial charge < -0.3 is 9.84 Å². The minimum Gasteiger partial charge on any atom is -0.478 e. The number of aromatic carboxylic acids is 1. The van der Waals surface area contributed by atoms with Gasteiger partial charge in [0.05, 0.1) is 17.7 Å². The largest absolute Gasteiger partial charge is 0.478 e. The third kappa shape index (κ3) is 4.86. The van der Waals surface area contributed by atoms with Crippen LogP contribution in [0.3, 0.4) is 0 Å². The molecule has 0 aliphatic heterocycles. The normalized spacial score (nSPS) is 15.5. The van der Waals surface area contributed by atoms with E-state index in [0.29, 0.717) is 6.61 Å². The van der Waals surface area contributed by atoms with Crippen LogP contribution in [0.2, 0.25) is 0 Å². The van der Waals surface area contributed by atoms with E-state index in [1.807, 2.05) is 0 Å². The molecule has 1 aliphatic carbocycles. The highest BCUT2D eigenvalue weighted by Gasteiger charge is 2.17. The van der Waals surface area contributed by atoms with Crippen LogP contribution in [0.15, 0.2) is 24.3 Å². The van der Waals surface area contributed by atoms with Crippen molar-refractivity contribution in [2.24, 2.45) is 5.92 Å². The Hall–Kier alpha value is -1.84. The van der Waals surface area contributed by atoms with Gasteiger partial charge in [-0.05, 0) is 30.9 Å². The molecule has 120 valence electrons. The summed E-state index contributed by atoms with van der Waals surface area (Å²) >= 11 is 0. The average molecular weight is 304 g/mol. The van der Waals surface area contributed by atoms with E-state index in [-0.39, 0.29) is 11.1 Å². The molecule has 1 aromatic carbocycles. The number of esters is 1. The molecule has 0 spiro atoms. The van der Waals surface area contributed by atoms with Crippen molar-refractivity contribution in [1.82, 2.24) is 0 Å². The van der Waals surface area contributed by atoms with Gasteiger partial charge >= 0.3 is 11.9 Å². The van der Waals surface area contributed by atoms with E-state index in [4.69, 9.17) is 9.84 Å². The molecule has 1 saturated carbocycles. The van der Waals surface area contributed by atoms with Gasteiger partial charge in [0.1, 0.15) is 0 Å². The fourth-order valence-electron chi connectivity index (χ4n) is 3.10. The van der Waals surface area contributed by atoms with Crippen LogP contribution >= 0.6 is 0 Å². The molecule has 2 rings (SSSR count). The van der Waals surface area contributed by atoms with Gasteiger partial charge in [-0.1, -0.05) is 50.7 Å². The van der Waals surface area contributed by atoms with Crippen molar-refractivity contribution in [3.63, 3.8) is 0 Å². The molecule has 4 heteroatoms. The van der Waals surface area contributed by atoms with Crippen molar-refractivity contribution in [3.05, 3.63) is 35.4 Å². The number of rotatable bonds is 7. The van der Waals surface area contributed by atoms with Gasteiger partial charge in [-0.15, -0.1) is 0 Å². The number of hydrogen-bond donors (Lipinski definition) is 1. The first-order chi connectivity index (χ1) is 10.7.